The zero-order valence-corrected chi connectivity index (χ0v) is 14.6. The molecule has 0 unspecified atom stereocenters. The van der Waals surface area contributed by atoms with Crippen molar-refractivity contribution in [2.75, 3.05) is 11.9 Å². The number of fused-ring (bicyclic) bond motifs is 1. The van der Waals surface area contributed by atoms with Crippen molar-refractivity contribution in [3.05, 3.63) is 34.3 Å². The fraction of sp³-hybridized carbons (Fsp3) is 0.286. The van der Waals surface area contributed by atoms with Gasteiger partial charge >= 0.3 is 0 Å². The average Bonchev–Trinajstić information content (AvgIpc) is 3.08. The molecule has 8 nitrogen and oxygen atoms in total. The number of rotatable bonds is 4. The lowest BCUT2D eigenvalue weighted by atomic mass is 10.1. The van der Waals surface area contributed by atoms with Gasteiger partial charge in [0, 0.05) is 12.1 Å². The molecule has 0 saturated heterocycles. The molecule has 0 fully saturated rings. The summed E-state index contributed by atoms with van der Waals surface area (Å²) in [7, 11) is -3.90. The minimum atomic E-state index is -3.90. The quantitative estimate of drug-likeness (QED) is 0.878. The fourth-order valence-corrected chi connectivity index (χ4v) is 4.62. The summed E-state index contributed by atoms with van der Waals surface area (Å²) in [5.41, 5.74) is 0.217. The molecule has 10 heteroatoms. The van der Waals surface area contributed by atoms with Crippen LogP contribution in [0.4, 0.5) is 5.13 Å². The maximum Gasteiger partial charge on any atom is 0.268 e. The first-order valence-electron chi connectivity index (χ1n) is 7.23. The van der Waals surface area contributed by atoms with Crippen LogP contribution in [0.15, 0.2) is 23.1 Å². The third kappa shape index (κ3) is 2.57. The monoisotopic (exact) mass is 366 g/mol. The van der Waals surface area contributed by atoms with E-state index in [0.717, 1.165) is 9.31 Å². The molecule has 24 heavy (non-hydrogen) atoms. The van der Waals surface area contributed by atoms with E-state index >= 15 is 0 Å². The molecular weight excluding hydrogens is 352 g/mol. The summed E-state index contributed by atoms with van der Waals surface area (Å²) in [5.74, 6) is -1.08. The van der Waals surface area contributed by atoms with E-state index in [4.69, 9.17) is 0 Å². The summed E-state index contributed by atoms with van der Waals surface area (Å²) in [4.78, 5) is 24.2. The van der Waals surface area contributed by atoms with E-state index in [0.29, 0.717) is 11.6 Å². The third-order valence-electron chi connectivity index (χ3n) is 3.55. The van der Waals surface area contributed by atoms with E-state index in [1.165, 1.54) is 29.5 Å². The predicted molar refractivity (Wildman–Crippen MR) is 87.6 cm³/mol. The van der Waals surface area contributed by atoms with Crippen molar-refractivity contribution >= 4 is 38.3 Å². The van der Waals surface area contributed by atoms with Crippen molar-refractivity contribution < 1.29 is 18.0 Å². The van der Waals surface area contributed by atoms with Gasteiger partial charge in [-0.15, -0.1) is 10.2 Å². The number of benzene rings is 1. The molecule has 0 bridgehead atoms. The zero-order chi connectivity index (χ0) is 17.5. The molecule has 0 spiro atoms. The Balaban J connectivity index is 1.92. The van der Waals surface area contributed by atoms with Crippen LogP contribution in [0.25, 0.3) is 0 Å². The van der Waals surface area contributed by atoms with Crippen molar-refractivity contribution in [1.29, 1.82) is 0 Å². The molecule has 1 N–H and O–H groups in total. The standard InChI is InChI=1S/C14H14N4O4S2/c1-3-11-16-17-14(23-11)15-12(19)8-5-6-9-10(7-8)24(21,22)18(4-2)13(9)20/h5-7H,3-4H2,1-2H3,(H,15,17,19). The van der Waals surface area contributed by atoms with Crippen LogP contribution >= 0.6 is 11.3 Å². The minimum Gasteiger partial charge on any atom is -0.296 e. The molecule has 1 aliphatic heterocycles. The highest BCUT2D eigenvalue weighted by Gasteiger charge is 2.40. The molecule has 126 valence electrons. The van der Waals surface area contributed by atoms with Gasteiger partial charge in [-0.1, -0.05) is 18.3 Å². The normalized spacial score (nSPS) is 15.4. The summed E-state index contributed by atoms with van der Waals surface area (Å²) >= 11 is 1.25. The second-order valence-corrected chi connectivity index (χ2v) is 7.89. The molecule has 0 aliphatic carbocycles. The van der Waals surface area contributed by atoms with Crippen molar-refractivity contribution in [2.24, 2.45) is 0 Å². The molecule has 2 amide bonds. The largest absolute Gasteiger partial charge is 0.296 e. The molecule has 0 radical (unpaired) electrons. The second kappa shape index (κ2) is 5.95. The molecule has 2 aromatic rings. The van der Waals surface area contributed by atoms with Gasteiger partial charge in [-0.2, -0.15) is 0 Å². The first kappa shape index (κ1) is 16.5. The number of carbonyl (C=O) groups excluding carboxylic acids is 2. The van der Waals surface area contributed by atoms with Gasteiger partial charge in [-0.05, 0) is 31.5 Å². The highest BCUT2D eigenvalue weighted by molar-refractivity contribution is 7.90. The van der Waals surface area contributed by atoms with Gasteiger partial charge < -0.3 is 0 Å². The molecule has 2 heterocycles. The lowest BCUT2D eigenvalue weighted by Gasteiger charge is -2.11. The smallest absolute Gasteiger partial charge is 0.268 e. The van der Waals surface area contributed by atoms with E-state index in [1.54, 1.807) is 6.92 Å². The maximum absolute atomic E-state index is 12.4. The van der Waals surface area contributed by atoms with Gasteiger partial charge in [0.05, 0.1) is 5.56 Å². The van der Waals surface area contributed by atoms with Crippen molar-refractivity contribution in [2.45, 2.75) is 25.2 Å². The summed E-state index contributed by atoms with van der Waals surface area (Å²) in [5, 5.41) is 11.4. The molecule has 1 aliphatic rings. The lowest BCUT2D eigenvalue weighted by molar-refractivity contribution is 0.0875. The van der Waals surface area contributed by atoms with E-state index in [9.17, 15) is 18.0 Å². The Kier molecular flexibility index (Phi) is 4.10. The molecule has 1 aromatic carbocycles. The number of nitrogens with zero attached hydrogens (tertiary/aromatic N) is 3. The fourth-order valence-electron chi connectivity index (χ4n) is 2.35. The van der Waals surface area contributed by atoms with Crippen LogP contribution in [0.5, 0.6) is 0 Å². The average molecular weight is 366 g/mol. The number of hydrogen-bond donors (Lipinski definition) is 1. The summed E-state index contributed by atoms with van der Waals surface area (Å²) < 4.78 is 25.5. The SMILES string of the molecule is CCc1nnc(NC(=O)c2ccc3c(c2)S(=O)(=O)N(CC)C3=O)s1. The molecule has 3 rings (SSSR count). The van der Waals surface area contributed by atoms with Crippen LogP contribution in [-0.2, 0) is 16.4 Å². The van der Waals surface area contributed by atoms with E-state index in [1.807, 2.05) is 6.92 Å². The van der Waals surface area contributed by atoms with E-state index < -0.39 is 21.8 Å². The van der Waals surface area contributed by atoms with Crippen molar-refractivity contribution in [1.82, 2.24) is 14.5 Å². The van der Waals surface area contributed by atoms with E-state index in [-0.39, 0.29) is 22.6 Å². The highest BCUT2D eigenvalue weighted by Crippen LogP contribution is 2.31. The van der Waals surface area contributed by atoms with Crippen LogP contribution < -0.4 is 5.32 Å². The van der Waals surface area contributed by atoms with Crippen LogP contribution in [0, 0.1) is 0 Å². The number of hydrogen-bond acceptors (Lipinski definition) is 7. The number of anilines is 1. The summed E-state index contributed by atoms with van der Waals surface area (Å²) in [6.45, 7) is 3.55. The Morgan fingerprint density at radius 3 is 2.67 bits per heavy atom. The number of amides is 2. The molecular formula is C14H14N4O4S2. The summed E-state index contributed by atoms with van der Waals surface area (Å²) in [6.07, 6.45) is 0.708. The van der Waals surface area contributed by atoms with Crippen LogP contribution in [-0.4, -0.2) is 41.3 Å². The molecule has 1 aromatic heterocycles. The number of aromatic nitrogens is 2. The van der Waals surface area contributed by atoms with Gasteiger partial charge in [-0.3, -0.25) is 14.9 Å². The first-order valence-corrected chi connectivity index (χ1v) is 9.49. The van der Waals surface area contributed by atoms with Crippen LogP contribution in [0.2, 0.25) is 0 Å². The lowest BCUT2D eigenvalue weighted by Crippen LogP contribution is -2.29. The first-order chi connectivity index (χ1) is 11.4. The van der Waals surface area contributed by atoms with Gasteiger partial charge in [0.25, 0.3) is 21.8 Å². The minimum absolute atomic E-state index is 0.0436. The van der Waals surface area contributed by atoms with Gasteiger partial charge in [0.1, 0.15) is 9.90 Å². The topological polar surface area (TPSA) is 109 Å². The van der Waals surface area contributed by atoms with Gasteiger partial charge in [0.2, 0.25) is 5.13 Å². The van der Waals surface area contributed by atoms with Crippen molar-refractivity contribution in [3.8, 4) is 0 Å². The van der Waals surface area contributed by atoms with E-state index in [2.05, 4.69) is 15.5 Å². The van der Waals surface area contributed by atoms with Crippen LogP contribution in [0.1, 0.15) is 39.6 Å². The Morgan fingerprint density at radius 1 is 1.29 bits per heavy atom. The second-order valence-electron chi connectivity index (χ2n) is 4.99. The number of carbonyl (C=O) groups is 2. The van der Waals surface area contributed by atoms with Crippen molar-refractivity contribution in [3.63, 3.8) is 0 Å². The Hall–Kier alpha value is -2.33. The third-order valence-corrected chi connectivity index (χ3v) is 6.43. The van der Waals surface area contributed by atoms with Gasteiger partial charge in [0.15, 0.2) is 0 Å². The molecule has 0 atom stereocenters. The number of nitrogens with one attached hydrogen (secondary N) is 1. The van der Waals surface area contributed by atoms with Gasteiger partial charge in [-0.25, -0.2) is 12.7 Å². The highest BCUT2D eigenvalue weighted by atomic mass is 32.2. The zero-order valence-electron chi connectivity index (χ0n) is 12.9. The molecule has 0 saturated carbocycles. The number of aryl methyl sites for hydroxylation is 1. The maximum atomic E-state index is 12.4. The Labute approximate surface area is 142 Å². The summed E-state index contributed by atoms with van der Waals surface area (Å²) in [6, 6.07) is 4.00. The predicted octanol–water partition coefficient (Wildman–Crippen LogP) is 1.52. The van der Waals surface area contributed by atoms with Crippen LogP contribution in [0.3, 0.4) is 0 Å². The Bertz CT molecular complexity index is 936. The number of sulfonamides is 1. The Morgan fingerprint density at radius 2 is 2.04 bits per heavy atom.